The van der Waals surface area contributed by atoms with Gasteiger partial charge in [-0.15, -0.1) is 0 Å². The maximum atomic E-state index is 7.61. The van der Waals surface area contributed by atoms with Crippen LogP contribution >= 0.6 is 0 Å². The fourth-order valence-corrected chi connectivity index (χ4v) is 2.52. The number of nitrogens with one attached hydrogen (secondary N) is 1. The van der Waals surface area contributed by atoms with Crippen molar-refractivity contribution in [3.8, 4) is 0 Å². The highest BCUT2D eigenvalue weighted by Gasteiger charge is 2.31. The maximum absolute atomic E-state index is 7.61. The second kappa shape index (κ2) is 5.47. The molecule has 1 aliphatic heterocycles. The van der Waals surface area contributed by atoms with E-state index in [2.05, 4.69) is 30.8 Å². The molecular formula is C11H24N4. The van der Waals surface area contributed by atoms with E-state index >= 15 is 0 Å². The molecule has 0 spiro atoms. The summed E-state index contributed by atoms with van der Waals surface area (Å²) < 4.78 is 0. The van der Waals surface area contributed by atoms with Gasteiger partial charge in [0.15, 0.2) is 0 Å². The van der Waals surface area contributed by atoms with Gasteiger partial charge >= 0.3 is 0 Å². The minimum atomic E-state index is 0.150. The Morgan fingerprint density at radius 1 is 1.60 bits per heavy atom. The van der Waals surface area contributed by atoms with Gasteiger partial charge in [-0.05, 0) is 39.9 Å². The van der Waals surface area contributed by atoms with Crippen molar-refractivity contribution in [2.45, 2.75) is 38.3 Å². The summed E-state index contributed by atoms with van der Waals surface area (Å²) in [7, 11) is 4.20. The van der Waals surface area contributed by atoms with Crippen molar-refractivity contribution in [1.82, 2.24) is 9.80 Å². The predicted octanol–water partition coefficient (Wildman–Crippen LogP) is 0.727. The maximum Gasteiger partial charge on any atom is 0.108 e. The van der Waals surface area contributed by atoms with Crippen molar-refractivity contribution in [2.24, 2.45) is 5.73 Å². The van der Waals surface area contributed by atoms with Gasteiger partial charge in [0.1, 0.15) is 5.84 Å². The number of hydrogen-bond acceptors (Lipinski definition) is 3. The standard InChI is InChI=1S/C11H24N4/c1-4-10(11(12)13)15-7-5-6-9(15)8-14(2)3/h9-10H,4-8H2,1-3H3,(H3,12,13). The Balaban J connectivity index is 2.61. The number of likely N-dealkylation sites (N-methyl/N-ethyl adjacent to an activating group) is 1. The summed E-state index contributed by atoms with van der Waals surface area (Å²) in [5, 5.41) is 7.61. The third-order valence-electron chi connectivity index (χ3n) is 3.14. The highest BCUT2D eigenvalue weighted by molar-refractivity contribution is 5.82. The second-order valence-electron chi connectivity index (χ2n) is 4.68. The van der Waals surface area contributed by atoms with E-state index in [1.54, 1.807) is 0 Å². The molecule has 0 amide bonds. The average Bonchev–Trinajstić information content (AvgIpc) is 2.53. The Kier molecular flexibility index (Phi) is 4.54. The van der Waals surface area contributed by atoms with Crippen molar-refractivity contribution in [2.75, 3.05) is 27.2 Å². The number of hydrogen-bond donors (Lipinski definition) is 2. The summed E-state index contributed by atoms with van der Waals surface area (Å²) in [6, 6.07) is 0.728. The first-order valence-electron chi connectivity index (χ1n) is 5.80. The molecule has 0 aromatic heterocycles. The van der Waals surface area contributed by atoms with E-state index in [0.29, 0.717) is 11.9 Å². The summed E-state index contributed by atoms with van der Waals surface area (Å²) in [4.78, 5) is 4.62. The molecule has 0 aromatic carbocycles. The Hall–Kier alpha value is -0.610. The van der Waals surface area contributed by atoms with Gasteiger partial charge in [-0.2, -0.15) is 0 Å². The van der Waals surface area contributed by atoms with E-state index < -0.39 is 0 Å². The highest BCUT2D eigenvalue weighted by Crippen LogP contribution is 2.21. The molecule has 3 N–H and O–H groups in total. The molecule has 2 unspecified atom stereocenters. The predicted molar refractivity (Wildman–Crippen MR) is 64.3 cm³/mol. The van der Waals surface area contributed by atoms with E-state index in [4.69, 9.17) is 11.1 Å². The van der Waals surface area contributed by atoms with Gasteiger partial charge in [0.2, 0.25) is 0 Å². The first-order valence-corrected chi connectivity index (χ1v) is 5.80. The third kappa shape index (κ3) is 3.18. The Labute approximate surface area is 92.9 Å². The van der Waals surface area contributed by atoms with Gasteiger partial charge in [-0.3, -0.25) is 10.3 Å². The van der Waals surface area contributed by atoms with Gasteiger partial charge in [-0.1, -0.05) is 6.92 Å². The van der Waals surface area contributed by atoms with Crippen molar-refractivity contribution >= 4 is 5.84 Å². The van der Waals surface area contributed by atoms with Crippen LogP contribution in [-0.2, 0) is 0 Å². The lowest BCUT2D eigenvalue weighted by molar-refractivity contribution is 0.181. The van der Waals surface area contributed by atoms with Crippen molar-refractivity contribution in [3.05, 3.63) is 0 Å². The van der Waals surface area contributed by atoms with Gasteiger partial charge in [0.05, 0.1) is 6.04 Å². The van der Waals surface area contributed by atoms with Crippen LogP contribution in [0.1, 0.15) is 26.2 Å². The quantitative estimate of drug-likeness (QED) is 0.522. The molecule has 4 heteroatoms. The van der Waals surface area contributed by atoms with Crippen molar-refractivity contribution in [1.29, 1.82) is 5.41 Å². The largest absolute Gasteiger partial charge is 0.386 e. The number of rotatable bonds is 5. The van der Waals surface area contributed by atoms with E-state index in [9.17, 15) is 0 Å². The molecule has 0 aromatic rings. The average molecular weight is 212 g/mol. The van der Waals surface area contributed by atoms with E-state index in [1.807, 2.05) is 0 Å². The second-order valence-corrected chi connectivity index (χ2v) is 4.68. The molecule has 0 saturated carbocycles. The summed E-state index contributed by atoms with van der Waals surface area (Å²) in [5.74, 6) is 0.322. The van der Waals surface area contributed by atoms with Gasteiger partial charge < -0.3 is 10.6 Å². The van der Waals surface area contributed by atoms with Gasteiger partial charge in [-0.25, -0.2) is 0 Å². The lowest BCUT2D eigenvalue weighted by atomic mass is 10.1. The van der Waals surface area contributed by atoms with Crippen LogP contribution in [0.5, 0.6) is 0 Å². The van der Waals surface area contributed by atoms with Crippen molar-refractivity contribution < 1.29 is 0 Å². The topological polar surface area (TPSA) is 56.4 Å². The summed E-state index contributed by atoms with van der Waals surface area (Å²) in [6.07, 6.45) is 3.42. The zero-order valence-corrected chi connectivity index (χ0v) is 10.2. The van der Waals surface area contributed by atoms with Crippen LogP contribution in [0.2, 0.25) is 0 Å². The normalized spacial score (nSPS) is 24.7. The lowest BCUT2D eigenvalue weighted by Gasteiger charge is -2.33. The zero-order chi connectivity index (χ0) is 11.4. The van der Waals surface area contributed by atoms with Crippen molar-refractivity contribution in [3.63, 3.8) is 0 Å². The lowest BCUT2D eigenvalue weighted by Crippen LogP contribution is -2.49. The van der Waals surface area contributed by atoms with Crippen LogP contribution in [0, 0.1) is 5.41 Å². The summed E-state index contributed by atoms with van der Waals surface area (Å²) in [5.41, 5.74) is 5.65. The fraction of sp³-hybridized carbons (Fsp3) is 0.909. The van der Waals surface area contributed by atoms with Crippen LogP contribution in [0.4, 0.5) is 0 Å². The summed E-state index contributed by atoms with van der Waals surface area (Å²) in [6.45, 7) is 4.28. The Morgan fingerprint density at radius 3 is 2.73 bits per heavy atom. The van der Waals surface area contributed by atoms with Gasteiger partial charge in [0.25, 0.3) is 0 Å². The minimum absolute atomic E-state index is 0.150. The van der Waals surface area contributed by atoms with Crippen LogP contribution in [-0.4, -0.2) is 54.9 Å². The number of amidine groups is 1. The minimum Gasteiger partial charge on any atom is -0.386 e. The molecule has 2 atom stereocenters. The van der Waals surface area contributed by atoms with E-state index in [-0.39, 0.29) is 6.04 Å². The first-order chi connectivity index (χ1) is 7.06. The Bertz CT molecular complexity index is 215. The molecule has 0 bridgehead atoms. The molecule has 15 heavy (non-hydrogen) atoms. The molecule has 1 saturated heterocycles. The van der Waals surface area contributed by atoms with Gasteiger partial charge in [0, 0.05) is 12.6 Å². The molecule has 88 valence electrons. The van der Waals surface area contributed by atoms with Crippen LogP contribution in [0.3, 0.4) is 0 Å². The Morgan fingerprint density at radius 2 is 2.27 bits per heavy atom. The van der Waals surface area contributed by atoms with E-state index in [0.717, 1.165) is 19.5 Å². The van der Waals surface area contributed by atoms with Crippen LogP contribution in [0.25, 0.3) is 0 Å². The molecule has 0 aliphatic carbocycles. The zero-order valence-electron chi connectivity index (χ0n) is 10.2. The SMILES string of the molecule is CCC(C(=N)N)N1CCCC1CN(C)C. The molecular weight excluding hydrogens is 188 g/mol. The highest BCUT2D eigenvalue weighted by atomic mass is 15.3. The molecule has 1 heterocycles. The third-order valence-corrected chi connectivity index (χ3v) is 3.14. The van der Waals surface area contributed by atoms with Crippen LogP contribution in [0.15, 0.2) is 0 Å². The smallest absolute Gasteiger partial charge is 0.108 e. The van der Waals surface area contributed by atoms with Crippen LogP contribution < -0.4 is 5.73 Å². The molecule has 1 fully saturated rings. The molecule has 1 rings (SSSR count). The molecule has 4 nitrogen and oxygen atoms in total. The molecule has 1 aliphatic rings. The van der Waals surface area contributed by atoms with E-state index in [1.165, 1.54) is 12.8 Å². The number of nitrogens with two attached hydrogens (primary N) is 1. The summed E-state index contributed by atoms with van der Waals surface area (Å²) >= 11 is 0. The monoisotopic (exact) mass is 212 g/mol. The number of likely N-dealkylation sites (tertiary alicyclic amines) is 1. The number of nitrogens with zero attached hydrogens (tertiary/aromatic N) is 2. The first kappa shape index (κ1) is 12.5. The fourth-order valence-electron chi connectivity index (χ4n) is 2.52. The molecule has 0 radical (unpaired) electrons.